The Hall–Kier alpha value is -1.36. The summed E-state index contributed by atoms with van der Waals surface area (Å²) in [5.74, 6) is 0.271. The molecule has 2 rings (SSSR count). The molecule has 0 unspecified atom stereocenters. The highest BCUT2D eigenvalue weighted by Gasteiger charge is 2.18. The summed E-state index contributed by atoms with van der Waals surface area (Å²) in [5.41, 5.74) is 2.38. The van der Waals surface area contributed by atoms with Gasteiger partial charge >= 0.3 is 0 Å². The molecule has 1 aliphatic rings. The molecule has 0 atom stereocenters. The average molecular weight is 224 g/mol. The lowest BCUT2D eigenvalue weighted by Gasteiger charge is -2.17. The number of hydrogen-bond donors (Lipinski definition) is 1. The molecular weight excluding hydrogens is 212 g/mol. The number of anilines is 1. The number of nitrogens with one attached hydrogen (secondary N) is 1. The Kier molecular flexibility index (Phi) is 2.26. The summed E-state index contributed by atoms with van der Waals surface area (Å²) in [6, 6.07) is 1.67. The van der Waals surface area contributed by atoms with Crippen LogP contribution in [-0.2, 0) is 10.0 Å². The van der Waals surface area contributed by atoms with Gasteiger partial charge in [-0.15, -0.1) is 0 Å². The van der Waals surface area contributed by atoms with Crippen LogP contribution in [0.5, 0.6) is 0 Å². The van der Waals surface area contributed by atoms with Gasteiger partial charge in [0.05, 0.1) is 16.8 Å². The van der Waals surface area contributed by atoms with E-state index in [1.807, 2.05) is 13.8 Å². The van der Waals surface area contributed by atoms with Gasteiger partial charge in [0.2, 0.25) is 0 Å². The van der Waals surface area contributed by atoms with Gasteiger partial charge in [0.25, 0.3) is 10.0 Å². The Balaban J connectivity index is 2.61. The monoisotopic (exact) mass is 224 g/mol. The molecule has 0 bridgehead atoms. The standard InChI is InChI=1S/C10H12N2O2S/c1-7(2)10-8-4-6-15(13,14)12-9(8)3-5-11-10/h3-7,12H,1-2H3. The third kappa shape index (κ3) is 1.87. The van der Waals surface area contributed by atoms with Crippen LogP contribution in [0.15, 0.2) is 17.7 Å². The van der Waals surface area contributed by atoms with E-state index in [0.717, 1.165) is 11.3 Å². The lowest BCUT2D eigenvalue weighted by molar-refractivity contribution is 0.609. The molecule has 80 valence electrons. The maximum Gasteiger partial charge on any atom is 0.255 e. The summed E-state index contributed by atoms with van der Waals surface area (Å²) < 4.78 is 25.0. The van der Waals surface area contributed by atoms with Gasteiger partial charge in [-0.1, -0.05) is 13.8 Å². The fourth-order valence-corrected chi connectivity index (χ4v) is 2.43. The molecule has 1 aromatic heterocycles. The van der Waals surface area contributed by atoms with E-state index in [-0.39, 0.29) is 5.92 Å². The van der Waals surface area contributed by atoms with Crippen molar-refractivity contribution in [2.75, 3.05) is 4.72 Å². The van der Waals surface area contributed by atoms with Gasteiger partial charge in [0.1, 0.15) is 0 Å². The Morgan fingerprint density at radius 3 is 2.80 bits per heavy atom. The Morgan fingerprint density at radius 1 is 1.40 bits per heavy atom. The van der Waals surface area contributed by atoms with Crippen LogP contribution in [0.2, 0.25) is 0 Å². The first-order valence-corrected chi connectivity index (χ1v) is 6.24. The van der Waals surface area contributed by atoms with E-state index in [2.05, 4.69) is 9.71 Å². The van der Waals surface area contributed by atoms with Crippen molar-refractivity contribution in [2.24, 2.45) is 0 Å². The second-order valence-electron chi connectivity index (χ2n) is 3.76. The predicted molar refractivity (Wildman–Crippen MR) is 59.9 cm³/mol. The molecule has 0 aliphatic carbocycles. The first-order valence-electron chi connectivity index (χ1n) is 4.69. The van der Waals surface area contributed by atoms with Crippen LogP contribution in [0, 0.1) is 0 Å². The minimum absolute atomic E-state index is 0.271. The molecule has 0 spiro atoms. The van der Waals surface area contributed by atoms with Crippen LogP contribution in [0.25, 0.3) is 6.08 Å². The smallest absolute Gasteiger partial charge is 0.255 e. The molecule has 1 aliphatic heterocycles. The number of hydrogen-bond acceptors (Lipinski definition) is 3. The molecule has 0 fully saturated rings. The molecule has 1 N–H and O–H groups in total. The molecule has 1 aromatic rings. The first kappa shape index (κ1) is 10.2. The lowest BCUT2D eigenvalue weighted by Crippen LogP contribution is -2.15. The summed E-state index contributed by atoms with van der Waals surface area (Å²) in [4.78, 5) is 4.25. The largest absolute Gasteiger partial charge is 0.279 e. The molecule has 15 heavy (non-hydrogen) atoms. The van der Waals surface area contributed by atoms with E-state index in [4.69, 9.17) is 0 Å². The first-order chi connectivity index (χ1) is 6.99. The van der Waals surface area contributed by atoms with Crippen LogP contribution in [-0.4, -0.2) is 13.4 Å². The van der Waals surface area contributed by atoms with E-state index >= 15 is 0 Å². The quantitative estimate of drug-likeness (QED) is 0.793. The van der Waals surface area contributed by atoms with Gasteiger partial charge in [-0.3, -0.25) is 9.71 Å². The molecule has 0 saturated heterocycles. The Bertz CT molecular complexity index is 518. The summed E-state index contributed by atoms with van der Waals surface area (Å²) in [6.07, 6.45) is 3.22. The van der Waals surface area contributed by atoms with Gasteiger partial charge < -0.3 is 0 Å². The molecule has 4 nitrogen and oxygen atoms in total. The second kappa shape index (κ2) is 3.34. The maximum atomic E-state index is 11.3. The normalized spacial score (nSPS) is 17.3. The molecular formula is C10H12N2O2S. The summed E-state index contributed by atoms with van der Waals surface area (Å²) in [6.45, 7) is 4.05. The number of rotatable bonds is 1. The number of aromatic nitrogens is 1. The SMILES string of the molecule is CC(C)c1nccc2c1C=CS(=O)(=O)N2. The van der Waals surface area contributed by atoms with Gasteiger partial charge in [0.15, 0.2) is 0 Å². The molecule has 5 heteroatoms. The third-order valence-electron chi connectivity index (χ3n) is 2.23. The van der Waals surface area contributed by atoms with Crippen LogP contribution < -0.4 is 4.72 Å². The number of fused-ring (bicyclic) bond motifs is 1. The van der Waals surface area contributed by atoms with Crippen molar-refractivity contribution in [1.29, 1.82) is 0 Å². The van der Waals surface area contributed by atoms with Crippen molar-refractivity contribution in [2.45, 2.75) is 19.8 Å². The van der Waals surface area contributed by atoms with Crippen molar-refractivity contribution in [3.8, 4) is 0 Å². The van der Waals surface area contributed by atoms with E-state index in [1.54, 1.807) is 18.3 Å². The second-order valence-corrected chi connectivity index (χ2v) is 5.33. The number of nitrogens with zero attached hydrogens (tertiary/aromatic N) is 1. The van der Waals surface area contributed by atoms with E-state index < -0.39 is 10.0 Å². The molecule has 0 amide bonds. The fraction of sp³-hybridized carbons (Fsp3) is 0.300. The number of sulfonamides is 1. The minimum Gasteiger partial charge on any atom is -0.279 e. The summed E-state index contributed by atoms with van der Waals surface area (Å²) in [7, 11) is -3.30. The fourth-order valence-electron chi connectivity index (χ4n) is 1.56. The van der Waals surface area contributed by atoms with Crippen molar-refractivity contribution in [3.63, 3.8) is 0 Å². The molecule has 0 radical (unpaired) electrons. The summed E-state index contributed by atoms with van der Waals surface area (Å²) >= 11 is 0. The zero-order valence-electron chi connectivity index (χ0n) is 8.56. The van der Waals surface area contributed by atoms with E-state index in [0.29, 0.717) is 5.69 Å². The van der Waals surface area contributed by atoms with Gasteiger partial charge in [0, 0.05) is 11.8 Å². The van der Waals surface area contributed by atoms with Gasteiger partial charge in [-0.25, -0.2) is 8.42 Å². The highest BCUT2D eigenvalue weighted by molar-refractivity contribution is 7.95. The highest BCUT2D eigenvalue weighted by atomic mass is 32.2. The molecule has 0 aromatic carbocycles. The molecule has 2 heterocycles. The Labute approximate surface area is 89.1 Å². The van der Waals surface area contributed by atoms with Crippen molar-refractivity contribution in [1.82, 2.24) is 4.98 Å². The zero-order valence-corrected chi connectivity index (χ0v) is 9.38. The highest BCUT2D eigenvalue weighted by Crippen LogP contribution is 2.29. The predicted octanol–water partition coefficient (Wildman–Crippen LogP) is 1.93. The molecule has 0 saturated carbocycles. The van der Waals surface area contributed by atoms with Crippen molar-refractivity contribution >= 4 is 21.8 Å². The maximum absolute atomic E-state index is 11.3. The Morgan fingerprint density at radius 2 is 2.13 bits per heavy atom. The van der Waals surface area contributed by atoms with Gasteiger partial charge in [-0.05, 0) is 18.1 Å². The van der Waals surface area contributed by atoms with Crippen LogP contribution in [0.1, 0.15) is 31.0 Å². The minimum atomic E-state index is -3.30. The van der Waals surface area contributed by atoms with Gasteiger partial charge in [-0.2, -0.15) is 0 Å². The van der Waals surface area contributed by atoms with Crippen molar-refractivity contribution in [3.05, 3.63) is 28.9 Å². The van der Waals surface area contributed by atoms with E-state index in [9.17, 15) is 8.42 Å². The van der Waals surface area contributed by atoms with Crippen LogP contribution in [0.4, 0.5) is 5.69 Å². The van der Waals surface area contributed by atoms with E-state index in [1.165, 1.54) is 5.41 Å². The summed E-state index contributed by atoms with van der Waals surface area (Å²) in [5, 5.41) is 1.17. The van der Waals surface area contributed by atoms with Crippen LogP contribution >= 0.6 is 0 Å². The lowest BCUT2D eigenvalue weighted by atomic mass is 10.0. The van der Waals surface area contributed by atoms with Crippen LogP contribution in [0.3, 0.4) is 0 Å². The van der Waals surface area contributed by atoms with Crippen molar-refractivity contribution < 1.29 is 8.42 Å². The average Bonchev–Trinajstić information content (AvgIpc) is 2.14. The third-order valence-corrected chi connectivity index (χ3v) is 3.23. The number of pyridine rings is 1. The topological polar surface area (TPSA) is 59.1 Å². The zero-order chi connectivity index (χ0) is 11.1.